The van der Waals surface area contributed by atoms with Gasteiger partial charge in [-0.1, -0.05) is 13.8 Å². The molecule has 2 aliphatic rings. The third kappa shape index (κ3) is 3.09. The molecule has 0 aromatic heterocycles. The Kier molecular flexibility index (Phi) is 3.91. The van der Waals surface area contributed by atoms with Crippen LogP contribution in [0.1, 0.15) is 27.7 Å². The minimum Gasteiger partial charge on any atom is -0.359 e. The topological polar surface area (TPSA) is 51.3 Å². The van der Waals surface area contributed by atoms with Crippen molar-refractivity contribution in [3.8, 4) is 0 Å². The quantitative estimate of drug-likeness (QED) is 0.725. The van der Waals surface area contributed by atoms with Gasteiger partial charge >= 0.3 is 0 Å². The summed E-state index contributed by atoms with van der Waals surface area (Å²) in [6.45, 7) is 8.74. The summed E-state index contributed by atoms with van der Waals surface area (Å²) in [5.74, 6) is -0.0216. The zero-order chi connectivity index (χ0) is 14.4. The number of rotatable bonds is 3. The summed E-state index contributed by atoms with van der Waals surface area (Å²) in [6, 6.07) is 0. The van der Waals surface area contributed by atoms with Gasteiger partial charge in [0.25, 0.3) is 5.91 Å². The molecule has 2 fully saturated rings. The van der Waals surface area contributed by atoms with E-state index in [4.69, 9.17) is 14.2 Å². The molecular formula is C14H25NO4. The first-order valence-corrected chi connectivity index (χ1v) is 6.91. The molecule has 0 aromatic carbocycles. The Balaban J connectivity index is 1.97. The van der Waals surface area contributed by atoms with Crippen LogP contribution < -0.4 is 0 Å². The first-order chi connectivity index (χ1) is 8.73. The van der Waals surface area contributed by atoms with Gasteiger partial charge in [-0.15, -0.1) is 0 Å². The summed E-state index contributed by atoms with van der Waals surface area (Å²) in [5.41, 5.74) is 0. The average molecular weight is 271 g/mol. The summed E-state index contributed by atoms with van der Waals surface area (Å²) in [7, 11) is 3.50. The van der Waals surface area contributed by atoms with Gasteiger partial charge in [0.1, 0.15) is 0 Å². The number of hydrogen-bond donors (Lipinski definition) is 0. The number of likely N-dealkylation sites (N-methyl/N-ethyl adjacent to an activating group) is 1. The minimum absolute atomic E-state index is 0.0313. The van der Waals surface area contributed by atoms with E-state index < -0.39 is 5.79 Å². The number of nitrogens with zero attached hydrogens (tertiary/aromatic N) is 1. The van der Waals surface area contributed by atoms with Crippen LogP contribution >= 0.6 is 0 Å². The lowest BCUT2D eigenvalue weighted by Gasteiger charge is -2.42. The molecule has 2 aliphatic heterocycles. The molecule has 2 saturated heterocycles. The van der Waals surface area contributed by atoms with Gasteiger partial charge in [-0.05, 0) is 13.8 Å². The Morgan fingerprint density at radius 2 is 1.95 bits per heavy atom. The Hall–Kier alpha value is -0.650. The maximum Gasteiger partial charge on any atom is 0.253 e. The van der Waals surface area contributed by atoms with Crippen LogP contribution in [0.3, 0.4) is 0 Å². The van der Waals surface area contributed by atoms with Crippen molar-refractivity contribution in [2.75, 3.05) is 20.7 Å². The third-order valence-corrected chi connectivity index (χ3v) is 3.92. The molecule has 110 valence electrons. The normalized spacial score (nSPS) is 38.6. The second-order valence-corrected chi connectivity index (χ2v) is 6.38. The molecule has 5 nitrogen and oxygen atoms in total. The molecule has 0 spiro atoms. The molecule has 1 amide bonds. The van der Waals surface area contributed by atoms with Gasteiger partial charge < -0.3 is 19.1 Å². The van der Waals surface area contributed by atoms with Crippen LogP contribution in [-0.2, 0) is 19.0 Å². The standard InChI is InChI=1S/C14H25NO4/c1-8-7-17-14(3,4)19-10(8)9(2)11-12(18-11)13(16)15(5)6/h8-12H,7H2,1-6H3/t8-,9-,10-,11+,12-/m1/s1. The number of carbonyl (C=O) groups is 1. The van der Waals surface area contributed by atoms with E-state index in [9.17, 15) is 4.79 Å². The molecule has 5 atom stereocenters. The molecule has 19 heavy (non-hydrogen) atoms. The van der Waals surface area contributed by atoms with Gasteiger partial charge in [0.05, 0.1) is 18.8 Å². The van der Waals surface area contributed by atoms with Gasteiger partial charge in [-0.2, -0.15) is 0 Å². The van der Waals surface area contributed by atoms with Crippen LogP contribution in [0.5, 0.6) is 0 Å². The van der Waals surface area contributed by atoms with Crippen molar-refractivity contribution >= 4 is 5.91 Å². The Labute approximate surface area is 115 Å². The summed E-state index contributed by atoms with van der Waals surface area (Å²) < 4.78 is 17.2. The lowest BCUT2D eigenvalue weighted by molar-refractivity contribution is -0.300. The Morgan fingerprint density at radius 3 is 2.53 bits per heavy atom. The number of ether oxygens (including phenoxy) is 3. The van der Waals surface area contributed by atoms with Crippen molar-refractivity contribution in [3.05, 3.63) is 0 Å². The average Bonchev–Trinajstić information content (AvgIpc) is 3.10. The predicted octanol–water partition coefficient (Wildman–Crippen LogP) is 1.27. The highest BCUT2D eigenvalue weighted by Gasteiger charge is 2.53. The highest BCUT2D eigenvalue weighted by molar-refractivity contribution is 5.83. The van der Waals surface area contributed by atoms with Crippen molar-refractivity contribution in [1.29, 1.82) is 0 Å². The first kappa shape index (κ1) is 14.8. The SMILES string of the molecule is C[C@H]([C@@H]1OC(C)(C)OC[C@H]1C)[C@@H]1O[C@H]1C(=O)N(C)C. The van der Waals surface area contributed by atoms with Crippen LogP contribution in [0, 0.1) is 11.8 Å². The van der Waals surface area contributed by atoms with E-state index >= 15 is 0 Å². The first-order valence-electron chi connectivity index (χ1n) is 6.91. The summed E-state index contributed by atoms with van der Waals surface area (Å²) in [6.07, 6.45) is -0.267. The van der Waals surface area contributed by atoms with Crippen molar-refractivity contribution in [1.82, 2.24) is 4.90 Å². The molecule has 5 heteroatoms. The van der Waals surface area contributed by atoms with Gasteiger partial charge in [0, 0.05) is 25.9 Å². The molecule has 0 unspecified atom stereocenters. The van der Waals surface area contributed by atoms with Crippen molar-refractivity contribution in [3.63, 3.8) is 0 Å². The van der Waals surface area contributed by atoms with Crippen molar-refractivity contribution in [2.45, 2.75) is 51.8 Å². The lowest BCUT2D eigenvalue weighted by atomic mass is 9.88. The molecule has 0 bridgehead atoms. The molecular weight excluding hydrogens is 246 g/mol. The zero-order valence-electron chi connectivity index (χ0n) is 12.7. The smallest absolute Gasteiger partial charge is 0.253 e. The van der Waals surface area contributed by atoms with E-state index in [2.05, 4.69) is 13.8 Å². The van der Waals surface area contributed by atoms with Crippen molar-refractivity contribution < 1.29 is 19.0 Å². The minimum atomic E-state index is -0.554. The number of amides is 1. The van der Waals surface area contributed by atoms with Crippen LogP contribution in [0.15, 0.2) is 0 Å². The van der Waals surface area contributed by atoms with Gasteiger partial charge in [-0.25, -0.2) is 0 Å². The van der Waals surface area contributed by atoms with E-state index in [0.717, 1.165) is 0 Å². The molecule has 0 saturated carbocycles. The fourth-order valence-electron chi connectivity index (χ4n) is 2.69. The Bertz CT molecular complexity index is 355. The lowest BCUT2D eigenvalue weighted by Crippen LogP contribution is -2.48. The van der Waals surface area contributed by atoms with Crippen LogP contribution in [-0.4, -0.2) is 55.6 Å². The number of epoxide rings is 1. The van der Waals surface area contributed by atoms with Crippen molar-refractivity contribution in [2.24, 2.45) is 11.8 Å². The van der Waals surface area contributed by atoms with E-state index in [-0.39, 0.29) is 30.1 Å². The van der Waals surface area contributed by atoms with E-state index in [1.165, 1.54) is 0 Å². The zero-order valence-corrected chi connectivity index (χ0v) is 12.7. The second-order valence-electron chi connectivity index (χ2n) is 6.38. The molecule has 0 aromatic rings. The largest absolute Gasteiger partial charge is 0.359 e. The highest BCUT2D eigenvalue weighted by atomic mass is 16.7. The fourth-order valence-corrected chi connectivity index (χ4v) is 2.69. The molecule has 0 aliphatic carbocycles. The maximum atomic E-state index is 11.8. The number of hydrogen-bond acceptors (Lipinski definition) is 4. The van der Waals surface area contributed by atoms with E-state index in [1.807, 2.05) is 13.8 Å². The molecule has 2 rings (SSSR count). The monoisotopic (exact) mass is 271 g/mol. The van der Waals surface area contributed by atoms with Gasteiger partial charge in [-0.3, -0.25) is 4.79 Å². The molecule has 0 N–H and O–H groups in total. The number of carbonyl (C=O) groups excluding carboxylic acids is 1. The van der Waals surface area contributed by atoms with Gasteiger partial charge in [0.15, 0.2) is 11.9 Å². The van der Waals surface area contributed by atoms with Crippen LogP contribution in [0.25, 0.3) is 0 Å². The Morgan fingerprint density at radius 1 is 1.32 bits per heavy atom. The molecule has 2 heterocycles. The third-order valence-electron chi connectivity index (χ3n) is 3.92. The fraction of sp³-hybridized carbons (Fsp3) is 0.929. The van der Waals surface area contributed by atoms with E-state index in [1.54, 1.807) is 19.0 Å². The summed E-state index contributed by atoms with van der Waals surface area (Å²) >= 11 is 0. The summed E-state index contributed by atoms with van der Waals surface area (Å²) in [5, 5.41) is 0. The molecule has 0 radical (unpaired) electrons. The van der Waals surface area contributed by atoms with E-state index in [0.29, 0.717) is 12.5 Å². The highest BCUT2D eigenvalue weighted by Crippen LogP contribution is 2.39. The predicted molar refractivity (Wildman–Crippen MR) is 70.6 cm³/mol. The summed E-state index contributed by atoms with van der Waals surface area (Å²) in [4.78, 5) is 13.4. The van der Waals surface area contributed by atoms with Crippen LogP contribution in [0.4, 0.5) is 0 Å². The second kappa shape index (κ2) is 5.04. The van der Waals surface area contributed by atoms with Gasteiger partial charge in [0.2, 0.25) is 0 Å². The van der Waals surface area contributed by atoms with Crippen LogP contribution in [0.2, 0.25) is 0 Å². The maximum absolute atomic E-state index is 11.8.